The Hall–Kier alpha value is -0.490. The number of carbonyl (C=O) groups excluding carboxylic acids is 1. The highest BCUT2D eigenvalue weighted by molar-refractivity contribution is 7.70. The Morgan fingerprint density at radius 1 is 1.00 bits per heavy atom. The molecule has 0 aromatic rings. The van der Waals surface area contributed by atoms with Crippen molar-refractivity contribution in [1.29, 1.82) is 0 Å². The Kier molecular flexibility index (Phi) is 11.0. The zero-order valence-electron chi connectivity index (χ0n) is 14.1. The number of carbonyl (C=O) groups is 1. The van der Waals surface area contributed by atoms with Gasteiger partial charge >= 0.3 is 15.2 Å². The van der Waals surface area contributed by atoms with Gasteiger partial charge in [-0.3, -0.25) is 13.9 Å². The fourth-order valence-corrected chi connectivity index (χ4v) is 4.82. The first-order chi connectivity index (χ1) is 11.0. The molecule has 0 aromatic heterocycles. The first-order valence-corrected chi connectivity index (χ1v) is 11.4. The van der Waals surface area contributed by atoms with Gasteiger partial charge in [-0.1, -0.05) is 45.6 Å². The SMILES string of the molecule is C=CC(=O)N(CCCCCCCC)CCC(P(=O)(O)O)P(=O)(O)O. The Morgan fingerprint density at radius 2 is 1.50 bits per heavy atom. The molecule has 0 bridgehead atoms. The van der Waals surface area contributed by atoms with Crippen molar-refractivity contribution in [2.45, 2.75) is 57.3 Å². The van der Waals surface area contributed by atoms with Crippen molar-refractivity contribution in [1.82, 2.24) is 4.90 Å². The maximum absolute atomic E-state index is 11.8. The first-order valence-electron chi connectivity index (χ1n) is 8.05. The zero-order valence-corrected chi connectivity index (χ0v) is 15.9. The smallest absolute Gasteiger partial charge is 0.339 e. The molecular weight excluding hydrogens is 356 g/mol. The minimum atomic E-state index is -4.96. The van der Waals surface area contributed by atoms with Gasteiger partial charge in [0.05, 0.1) is 0 Å². The van der Waals surface area contributed by atoms with E-state index in [2.05, 4.69) is 13.5 Å². The molecule has 0 atom stereocenters. The van der Waals surface area contributed by atoms with Gasteiger partial charge in [0.2, 0.25) is 5.91 Å². The van der Waals surface area contributed by atoms with Gasteiger partial charge in [-0.05, 0) is 18.9 Å². The maximum atomic E-state index is 11.8. The molecule has 0 rings (SSSR count). The Morgan fingerprint density at radius 3 is 1.96 bits per heavy atom. The molecule has 0 spiro atoms. The van der Waals surface area contributed by atoms with E-state index in [1.54, 1.807) is 0 Å². The van der Waals surface area contributed by atoms with E-state index >= 15 is 0 Å². The Bertz CT molecular complexity index is 464. The van der Waals surface area contributed by atoms with Gasteiger partial charge in [0, 0.05) is 13.1 Å². The molecule has 0 aliphatic rings. The normalized spacial score (nSPS) is 12.4. The summed E-state index contributed by atoms with van der Waals surface area (Å²) in [5, 5.41) is -2.09. The van der Waals surface area contributed by atoms with Crippen LogP contribution in [0.4, 0.5) is 0 Å². The number of rotatable bonds is 13. The van der Waals surface area contributed by atoms with Crippen LogP contribution < -0.4 is 0 Å². The third kappa shape index (κ3) is 9.72. The van der Waals surface area contributed by atoms with Crippen molar-refractivity contribution in [2.24, 2.45) is 0 Å². The molecule has 0 heterocycles. The molecular formula is C14H29NO7P2. The molecule has 0 aliphatic carbocycles. The highest BCUT2D eigenvalue weighted by Crippen LogP contribution is 2.61. The molecule has 0 radical (unpaired) electrons. The van der Waals surface area contributed by atoms with Gasteiger partial charge in [-0.25, -0.2) is 0 Å². The van der Waals surface area contributed by atoms with Gasteiger partial charge in [0.1, 0.15) is 0 Å². The molecule has 24 heavy (non-hydrogen) atoms. The second-order valence-corrected chi connectivity index (χ2v) is 9.76. The minimum absolute atomic E-state index is 0.138. The lowest BCUT2D eigenvalue weighted by Crippen LogP contribution is -2.33. The largest absolute Gasteiger partial charge is 0.340 e. The summed E-state index contributed by atoms with van der Waals surface area (Å²) in [7, 11) is -9.93. The van der Waals surface area contributed by atoms with Gasteiger partial charge in [0.25, 0.3) is 0 Å². The van der Waals surface area contributed by atoms with Gasteiger partial charge < -0.3 is 24.5 Å². The molecule has 0 saturated heterocycles. The van der Waals surface area contributed by atoms with Crippen molar-refractivity contribution in [3.05, 3.63) is 12.7 Å². The lowest BCUT2D eigenvalue weighted by atomic mass is 10.1. The van der Waals surface area contributed by atoms with E-state index in [-0.39, 0.29) is 6.54 Å². The van der Waals surface area contributed by atoms with Gasteiger partial charge in [-0.2, -0.15) is 0 Å². The highest BCUT2D eigenvalue weighted by atomic mass is 31.2. The topological polar surface area (TPSA) is 135 Å². The summed E-state index contributed by atoms with van der Waals surface area (Å²) in [5.41, 5.74) is 0. The van der Waals surface area contributed by atoms with E-state index in [1.165, 1.54) is 4.90 Å². The van der Waals surface area contributed by atoms with Crippen molar-refractivity contribution < 1.29 is 33.5 Å². The molecule has 1 amide bonds. The summed E-state index contributed by atoms with van der Waals surface area (Å²) in [4.78, 5) is 49.6. The Labute approximate surface area is 143 Å². The fourth-order valence-electron chi connectivity index (χ4n) is 2.35. The highest BCUT2D eigenvalue weighted by Gasteiger charge is 2.43. The lowest BCUT2D eigenvalue weighted by molar-refractivity contribution is -0.126. The summed E-state index contributed by atoms with van der Waals surface area (Å²) in [5.74, 6) is -0.418. The molecule has 0 fully saturated rings. The van der Waals surface area contributed by atoms with Crippen molar-refractivity contribution in [3.63, 3.8) is 0 Å². The van der Waals surface area contributed by atoms with Crippen LogP contribution in [0.5, 0.6) is 0 Å². The van der Waals surface area contributed by atoms with Gasteiger partial charge in [-0.15, -0.1) is 0 Å². The molecule has 0 saturated carbocycles. The molecule has 0 unspecified atom stereocenters. The van der Waals surface area contributed by atoms with Crippen LogP contribution in [0.2, 0.25) is 0 Å². The second kappa shape index (κ2) is 11.2. The van der Waals surface area contributed by atoms with Crippen LogP contribution in [0.25, 0.3) is 0 Å². The van der Waals surface area contributed by atoms with Crippen LogP contribution in [0.15, 0.2) is 12.7 Å². The predicted octanol–water partition coefficient (Wildman–Crippen LogP) is 2.43. The van der Waals surface area contributed by atoms with Crippen LogP contribution in [0.3, 0.4) is 0 Å². The van der Waals surface area contributed by atoms with E-state index in [0.29, 0.717) is 6.54 Å². The number of unbranched alkanes of at least 4 members (excludes halogenated alkanes) is 5. The van der Waals surface area contributed by atoms with E-state index in [4.69, 9.17) is 19.6 Å². The fraction of sp³-hybridized carbons (Fsp3) is 0.786. The molecule has 0 aliphatic heterocycles. The van der Waals surface area contributed by atoms with E-state index in [9.17, 15) is 13.9 Å². The van der Waals surface area contributed by atoms with Crippen molar-refractivity contribution in [2.75, 3.05) is 13.1 Å². The summed E-state index contributed by atoms with van der Waals surface area (Å²) >= 11 is 0. The van der Waals surface area contributed by atoms with Crippen LogP contribution in [0.1, 0.15) is 51.9 Å². The molecule has 4 N–H and O–H groups in total. The molecule has 142 valence electrons. The third-order valence-corrected chi connectivity index (χ3v) is 7.58. The molecule has 10 heteroatoms. The van der Waals surface area contributed by atoms with E-state index < -0.39 is 32.9 Å². The molecule has 0 aromatic carbocycles. The lowest BCUT2D eigenvalue weighted by Gasteiger charge is -2.25. The second-order valence-electron chi connectivity index (χ2n) is 5.74. The number of nitrogens with zero attached hydrogens (tertiary/aromatic N) is 1. The summed E-state index contributed by atoms with van der Waals surface area (Å²) in [6.07, 6.45) is 6.70. The van der Waals surface area contributed by atoms with Crippen LogP contribution in [0, 0.1) is 0 Å². The molecule has 8 nitrogen and oxygen atoms in total. The van der Waals surface area contributed by atoms with Crippen LogP contribution in [-0.4, -0.2) is 48.9 Å². The summed E-state index contributed by atoms with van der Waals surface area (Å²) in [6, 6.07) is 0. The number of amides is 1. The predicted molar refractivity (Wildman–Crippen MR) is 92.6 cm³/mol. The van der Waals surface area contributed by atoms with Crippen LogP contribution in [-0.2, 0) is 13.9 Å². The first kappa shape index (κ1) is 23.5. The number of hydrogen-bond donors (Lipinski definition) is 4. The average Bonchev–Trinajstić information content (AvgIpc) is 2.45. The van der Waals surface area contributed by atoms with Crippen LogP contribution >= 0.6 is 15.2 Å². The zero-order chi connectivity index (χ0) is 18.8. The van der Waals surface area contributed by atoms with E-state index in [0.717, 1.165) is 44.6 Å². The standard InChI is InChI=1S/C14H29NO7P2/c1-3-5-6-7-8-9-11-15(13(16)4-2)12-10-14(23(17,18)19)24(20,21)22/h4,14H,2-3,5-12H2,1H3,(H2,17,18,19)(H2,20,21,22). The summed E-state index contributed by atoms with van der Waals surface area (Å²) in [6.45, 7) is 5.72. The van der Waals surface area contributed by atoms with Crippen molar-refractivity contribution >= 4 is 21.1 Å². The Balaban J connectivity index is 4.62. The van der Waals surface area contributed by atoms with Gasteiger partial charge in [0.15, 0.2) is 5.40 Å². The third-order valence-electron chi connectivity index (χ3n) is 3.70. The summed E-state index contributed by atoms with van der Waals surface area (Å²) < 4.78 is 22.5. The van der Waals surface area contributed by atoms with Crippen molar-refractivity contribution in [3.8, 4) is 0 Å². The van der Waals surface area contributed by atoms with E-state index in [1.807, 2.05) is 0 Å². The average molecular weight is 385 g/mol. The number of hydrogen-bond acceptors (Lipinski definition) is 3. The monoisotopic (exact) mass is 385 g/mol. The maximum Gasteiger partial charge on any atom is 0.340 e. The quantitative estimate of drug-likeness (QED) is 0.217. The minimum Gasteiger partial charge on any atom is -0.339 e.